The molecule has 0 atom stereocenters. The van der Waals surface area contributed by atoms with E-state index in [-0.39, 0.29) is 5.82 Å². The van der Waals surface area contributed by atoms with E-state index in [1.165, 1.54) is 37.7 Å². The molecule has 1 saturated carbocycles. The minimum absolute atomic E-state index is 0.0163. The molecule has 4 rings (SSSR count). The Kier molecular flexibility index (Phi) is 4.41. The van der Waals surface area contributed by atoms with Crippen LogP contribution in [0.4, 0.5) is 0 Å². The number of hydrogen-bond acceptors (Lipinski definition) is 5. The fourth-order valence-electron chi connectivity index (χ4n) is 3.65. The summed E-state index contributed by atoms with van der Waals surface area (Å²) in [5.74, 6) is 0.989. The van der Waals surface area contributed by atoms with Crippen LogP contribution in [0.25, 0.3) is 5.78 Å². The van der Waals surface area contributed by atoms with E-state index in [1.807, 2.05) is 32.0 Å². The van der Waals surface area contributed by atoms with Gasteiger partial charge in [-0.25, -0.2) is 14.3 Å². The number of esters is 1. The van der Waals surface area contributed by atoms with Gasteiger partial charge in [-0.1, -0.05) is 31.4 Å². The number of nitrogens with zero attached hydrogens (tertiary/aromatic N) is 4. The summed E-state index contributed by atoms with van der Waals surface area (Å²) in [6, 6.07) is 9.72. The summed E-state index contributed by atoms with van der Waals surface area (Å²) in [5.41, 5.74) is 3.03. The van der Waals surface area contributed by atoms with Gasteiger partial charge >= 0.3 is 5.97 Å². The summed E-state index contributed by atoms with van der Waals surface area (Å²) in [7, 11) is 0. The molecule has 26 heavy (non-hydrogen) atoms. The van der Waals surface area contributed by atoms with E-state index in [9.17, 15) is 4.79 Å². The van der Waals surface area contributed by atoms with Crippen LogP contribution in [0.3, 0.4) is 0 Å². The first kappa shape index (κ1) is 16.7. The van der Waals surface area contributed by atoms with Gasteiger partial charge in [0.15, 0.2) is 0 Å². The zero-order valence-electron chi connectivity index (χ0n) is 15.1. The normalized spacial score (nSPS) is 15.3. The van der Waals surface area contributed by atoms with Crippen molar-refractivity contribution in [3.8, 4) is 5.75 Å². The van der Waals surface area contributed by atoms with Gasteiger partial charge in [0.1, 0.15) is 5.75 Å². The molecular weight excluding hydrogens is 328 g/mol. The first-order valence-corrected chi connectivity index (χ1v) is 9.13. The van der Waals surface area contributed by atoms with Crippen LogP contribution in [-0.2, 0) is 0 Å². The van der Waals surface area contributed by atoms with Gasteiger partial charge < -0.3 is 4.74 Å². The van der Waals surface area contributed by atoms with Gasteiger partial charge in [-0.3, -0.25) is 0 Å². The van der Waals surface area contributed by atoms with E-state index in [2.05, 4.69) is 27.2 Å². The number of carbonyl (C=O) groups excluding carboxylic acids is 1. The van der Waals surface area contributed by atoms with E-state index >= 15 is 0 Å². The Labute approximate surface area is 152 Å². The van der Waals surface area contributed by atoms with Crippen LogP contribution >= 0.6 is 0 Å². The fraction of sp³-hybridized carbons (Fsp3) is 0.400. The Morgan fingerprint density at radius 2 is 1.81 bits per heavy atom. The first-order chi connectivity index (χ1) is 12.6. The van der Waals surface area contributed by atoms with Crippen molar-refractivity contribution in [2.45, 2.75) is 51.9 Å². The predicted octanol–water partition coefficient (Wildman–Crippen LogP) is 4.01. The van der Waals surface area contributed by atoms with Crippen LogP contribution in [0, 0.1) is 13.8 Å². The van der Waals surface area contributed by atoms with E-state index in [4.69, 9.17) is 4.74 Å². The largest absolute Gasteiger partial charge is 0.421 e. The van der Waals surface area contributed by atoms with Crippen LogP contribution in [0.15, 0.2) is 30.3 Å². The smallest absolute Gasteiger partial charge is 0.383 e. The lowest BCUT2D eigenvalue weighted by Crippen LogP contribution is -2.11. The van der Waals surface area contributed by atoms with E-state index in [1.54, 1.807) is 4.52 Å². The van der Waals surface area contributed by atoms with Crippen molar-refractivity contribution in [3.05, 3.63) is 53.1 Å². The molecule has 0 N–H and O–H groups in total. The second-order valence-corrected chi connectivity index (χ2v) is 6.98. The van der Waals surface area contributed by atoms with E-state index in [0.717, 1.165) is 11.4 Å². The maximum atomic E-state index is 12.4. The molecule has 134 valence electrons. The molecule has 2 aromatic heterocycles. The zero-order valence-corrected chi connectivity index (χ0v) is 15.1. The Bertz CT molecular complexity index is 940. The van der Waals surface area contributed by atoms with Gasteiger partial charge in [0.25, 0.3) is 11.6 Å². The second kappa shape index (κ2) is 6.86. The lowest BCUT2D eigenvalue weighted by molar-refractivity contribution is 0.0722. The average Bonchev–Trinajstić information content (AvgIpc) is 3.08. The van der Waals surface area contributed by atoms with Gasteiger partial charge in [0, 0.05) is 11.4 Å². The summed E-state index contributed by atoms with van der Waals surface area (Å²) >= 11 is 0. The third kappa shape index (κ3) is 3.31. The van der Waals surface area contributed by atoms with Gasteiger partial charge in [-0.2, -0.15) is 4.98 Å². The van der Waals surface area contributed by atoms with Crippen LogP contribution in [-0.4, -0.2) is 25.6 Å². The molecule has 0 spiro atoms. The van der Waals surface area contributed by atoms with Crippen molar-refractivity contribution >= 4 is 11.7 Å². The third-order valence-corrected chi connectivity index (χ3v) is 4.97. The lowest BCUT2D eigenvalue weighted by Gasteiger charge is -2.21. The topological polar surface area (TPSA) is 69.4 Å². The predicted molar refractivity (Wildman–Crippen MR) is 97.5 cm³/mol. The minimum atomic E-state index is -0.571. The molecule has 1 aromatic carbocycles. The number of carbonyl (C=O) groups is 1. The van der Waals surface area contributed by atoms with Gasteiger partial charge in [0.05, 0.1) is 0 Å². The maximum Gasteiger partial charge on any atom is 0.383 e. The molecule has 1 aliphatic rings. The zero-order chi connectivity index (χ0) is 18.1. The van der Waals surface area contributed by atoms with Gasteiger partial charge in [-0.15, -0.1) is 5.10 Å². The van der Waals surface area contributed by atoms with Crippen molar-refractivity contribution in [1.82, 2.24) is 19.6 Å². The molecule has 6 nitrogen and oxygen atoms in total. The Balaban J connectivity index is 1.50. The lowest BCUT2D eigenvalue weighted by atomic mass is 9.84. The highest BCUT2D eigenvalue weighted by molar-refractivity contribution is 5.87. The number of aromatic nitrogens is 4. The fourth-order valence-corrected chi connectivity index (χ4v) is 3.65. The maximum absolute atomic E-state index is 12.4. The molecule has 0 unspecified atom stereocenters. The van der Waals surface area contributed by atoms with E-state index < -0.39 is 5.97 Å². The van der Waals surface area contributed by atoms with Crippen molar-refractivity contribution in [2.75, 3.05) is 0 Å². The number of rotatable bonds is 3. The third-order valence-electron chi connectivity index (χ3n) is 4.97. The monoisotopic (exact) mass is 350 g/mol. The quantitative estimate of drug-likeness (QED) is 0.527. The minimum Gasteiger partial charge on any atom is -0.421 e. The summed E-state index contributed by atoms with van der Waals surface area (Å²) in [5, 5.41) is 4.21. The highest BCUT2D eigenvalue weighted by Gasteiger charge is 2.18. The summed E-state index contributed by atoms with van der Waals surface area (Å²) < 4.78 is 6.99. The second-order valence-electron chi connectivity index (χ2n) is 6.98. The first-order valence-electron chi connectivity index (χ1n) is 9.13. The summed E-state index contributed by atoms with van der Waals surface area (Å²) in [6.07, 6.45) is 6.43. The van der Waals surface area contributed by atoms with Gasteiger partial charge in [0.2, 0.25) is 0 Å². The van der Waals surface area contributed by atoms with Crippen molar-refractivity contribution < 1.29 is 9.53 Å². The number of ether oxygens (including phenoxy) is 1. The number of fused-ring (bicyclic) bond motifs is 1. The SMILES string of the molecule is Cc1cc(C)n2nc(C(=O)Oc3ccc(C4CCCCC4)cc3)nc2n1. The van der Waals surface area contributed by atoms with Crippen LogP contribution in [0.1, 0.15) is 65.6 Å². The molecule has 2 heterocycles. The molecule has 3 aromatic rings. The Hall–Kier alpha value is -2.76. The molecule has 1 aliphatic carbocycles. The van der Waals surface area contributed by atoms with E-state index in [0.29, 0.717) is 17.4 Å². The number of hydrogen-bond donors (Lipinski definition) is 0. The van der Waals surface area contributed by atoms with Crippen molar-refractivity contribution in [2.24, 2.45) is 0 Å². The highest BCUT2D eigenvalue weighted by Crippen LogP contribution is 2.33. The molecule has 0 saturated heterocycles. The van der Waals surface area contributed by atoms with Crippen LogP contribution < -0.4 is 4.74 Å². The molecule has 0 amide bonds. The summed E-state index contributed by atoms with van der Waals surface area (Å²) in [6.45, 7) is 3.78. The number of benzene rings is 1. The van der Waals surface area contributed by atoms with Crippen molar-refractivity contribution in [3.63, 3.8) is 0 Å². The Morgan fingerprint density at radius 3 is 2.54 bits per heavy atom. The molecule has 0 radical (unpaired) electrons. The highest BCUT2D eigenvalue weighted by atomic mass is 16.5. The molecular formula is C20H22N4O2. The Morgan fingerprint density at radius 1 is 1.08 bits per heavy atom. The van der Waals surface area contributed by atoms with Crippen molar-refractivity contribution in [1.29, 1.82) is 0 Å². The van der Waals surface area contributed by atoms with Gasteiger partial charge in [-0.05, 0) is 56.4 Å². The molecule has 0 aliphatic heterocycles. The van der Waals surface area contributed by atoms with Crippen LogP contribution in [0.5, 0.6) is 5.75 Å². The molecule has 1 fully saturated rings. The molecule has 6 heteroatoms. The number of aryl methyl sites for hydroxylation is 2. The summed E-state index contributed by atoms with van der Waals surface area (Å²) in [4.78, 5) is 20.9. The van der Waals surface area contributed by atoms with Crippen LogP contribution in [0.2, 0.25) is 0 Å². The molecule has 0 bridgehead atoms. The standard InChI is InChI=1S/C20H22N4O2/c1-13-12-14(2)24-20(21-13)22-18(23-24)19(25)26-17-10-8-16(9-11-17)15-6-4-3-5-7-15/h8-12,15H,3-7H2,1-2H3. The average molecular weight is 350 g/mol.